The second kappa shape index (κ2) is 5.76. The standard InChI is InChI=1S/C14H12BrN3OS/c1-9-6-10(14-18-17-8-19-14)2-3-12(9)16-7-13-11(15)4-5-20-13/h2-6,8,16H,7H2,1H3. The zero-order valence-electron chi connectivity index (χ0n) is 10.8. The van der Waals surface area contributed by atoms with Gasteiger partial charge in [0, 0.05) is 20.6 Å². The first kappa shape index (κ1) is 13.3. The van der Waals surface area contributed by atoms with Gasteiger partial charge in [-0.15, -0.1) is 21.5 Å². The maximum absolute atomic E-state index is 5.20. The Labute approximate surface area is 129 Å². The van der Waals surface area contributed by atoms with Crippen molar-refractivity contribution >= 4 is 33.0 Å². The average Bonchev–Trinajstić information content (AvgIpc) is 3.09. The first-order chi connectivity index (χ1) is 9.74. The van der Waals surface area contributed by atoms with Gasteiger partial charge in [-0.2, -0.15) is 0 Å². The Morgan fingerprint density at radius 1 is 1.35 bits per heavy atom. The lowest BCUT2D eigenvalue weighted by Gasteiger charge is -2.09. The minimum Gasteiger partial charge on any atom is -0.423 e. The van der Waals surface area contributed by atoms with E-state index in [1.165, 1.54) is 11.3 Å². The Hall–Kier alpha value is -1.66. The summed E-state index contributed by atoms with van der Waals surface area (Å²) in [6.45, 7) is 2.87. The van der Waals surface area contributed by atoms with Gasteiger partial charge in [0.1, 0.15) is 0 Å². The van der Waals surface area contributed by atoms with Crippen molar-refractivity contribution in [3.63, 3.8) is 0 Å². The van der Waals surface area contributed by atoms with Gasteiger partial charge in [0.2, 0.25) is 12.3 Å². The van der Waals surface area contributed by atoms with Crippen LogP contribution < -0.4 is 5.32 Å². The molecule has 0 bridgehead atoms. The van der Waals surface area contributed by atoms with E-state index in [1.807, 2.05) is 18.2 Å². The third-order valence-corrected chi connectivity index (χ3v) is 4.89. The van der Waals surface area contributed by atoms with Crippen molar-refractivity contribution < 1.29 is 4.42 Å². The van der Waals surface area contributed by atoms with Crippen molar-refractivity contribution in [2.75, 3.05) is 5.32 Å². The topological polar surface area (TPSA) is 51.0 Å². The molecule has 0 spiro atoms. The summed E-state index contributed by atoms with van der Waals surface area (Å²) in [7, 11) is 0. The molecule has 4 nitrogen and oxygen atoms in total. The summed E-state index contributed by atoms with van der Waals surface area (Å²) in [6.07, 6.45) is 1.34. The largest absolute Gasteiger partial charge is 0.423 e. The molecule has 0 atom stereocenters. The molecule has 3 aromatic rings. The van der Waals surface area contributed by atoms with Crippen LogP contribution in [-0.4, -0.2) is 10.2 Å². The van der Waals surface area contributed by atoms with Gasteiger partial charge in [0.25, 0.3) is 0 Å². The molecule has 20 heavy (non-hydrogen) atoms. The fourth-order valence-corrected chi connectivity index (χ4v) is 3.35. The molecule has 0 amide bonds. The molecule has 0 unspecified atom stereocenters. The number of nitrogens with zero attached hydrogens (tertiary/aromatic N) is 2. The van der Waals surface area contributed by atoms with E-state index in [4.69, 9.17) is 4.42 Å². The number of hydrogen-bond donors (Lipinski definition) is 1. The van der Waals surface area contributed by atoms with Crippen molar-refractivity contribution in [1.29, 1.82) is 0 Å². The van der Waals surface area contributed by atoms with E-state index in [-0.39, 0.29) is 0 Å². The molecule has 0 aliphatic heterocycles. The summed E-state index contributed by atoms with van der Waals surface area (Å²) >= 11 is 5.27. The minimum absolute atomic E-state index is 0.542. The van der Waals surface area contributed by atoms with E-state index in [0.717, 1.165) is 27.8 Å². The zero-order chi connectivity index (χ0) is 13.9. The van der Waals surface area contributed by atoms with E-state index in [0.29, 0.717) is 5.89 Å². The lowest BCUT2D eigenvalue weighted by Crippen LogP contribution is -2.00. The number of aryl methyl sites for hydroxylation is 1. The fourth-order valence-electron chi connectivity index (χ4n) is 1.92. The summed E-state index contributed by atoms with van der Waals surface area (Å²) in [4.78, 5) is 1.28. The van der Waals surface area contributed by atoms with Crippen LogP contribution in [0.1, 0.15) is 10.4 Å². The molecule has 6 heteroatoms. The molecular weight excluding hydrogens is 338 g/mol. The first-order valence-electron chi connectivity index (χ1n) is 6.07. The maximum atomic E-state index is 5.20. The minimum atomic E-state index is 0.542. The fraction of sp³-hybridized carbons (Fsp3) is 0.143. The van der Waals surface area contributed by atoms with Gasteiger partial charge >= 0.3 is 0 Å². The van der Waals surface area contributed by atoms with Gasteiger partial charge in [-0.3, -0.25) is 0 Å². The third kappa shape index (κ3) is 2.76. The van der Waals surface area contributed by atoms with Crippen LogP contribution >= 0.6 is 27.3 Å². The van der Waals surface area contributed by atoms with Crippen LogP contribution in [0.15, 0.2) is 44.9 Å². The highest BCUT2D eigenvalue weighted by Crippen LogP contribution is 2.26. The summed E-state index contributed by atoms with van der Waals surface area (Å²) in [5.41, 5.74) is 3.18. The summed E-state index contributed by atoms with van der Waals surface area (Å²) in [5, 5.41) is 13.1. The van der Waals surface area contributed by atoms with Gasteiger partial charge in [-0.25, -0.2) is 0 Å². The number of benzene rings is 1. The zero-order valence-corrected chi connectivity index (χ0v) is 13.2. The molecule has 0 radical (unpaired) electrons. The molecule has 0 aliphatic rings. The first-order valence-corrected chi connectivity index (χ1v) is 7.74. The maximum Gasteiger partial charge on any atom is 0.247 e. The molecular formula is C14H12BrN3OS. The number of halogens is 1. The molecule has 3 rings (SSSR count). The van der Waals surface area contributed by atoms with Gasteiger partial charge in [-0.1, -0.05) is 0 Å². The molecule has 0 saturated heterocycles. The van der Waals surface area contributed by atoms with Crippen LogP contribution in [0.2, 0.25) is 0 Å². The van der Waals surface area contributed by atoms with E-state index < -0.39 is 0 Å². The van der Waals surface area contributed by atoms with Crippen molar-refractivity contribution in [3.05, 3.63) is 51.0 Å². The van der Waals surface area contributed by atoms with Gasteiger partial charge in [-0.05, 0) is 58.1 Å². The Balaban J connectivity index is 1.76. The lowest BCUT2D eigenvalue weighted by molar-refractivity contribution is 0.568. The Kier molecular flexibility index (Phi) is 3.84. The van der Waals surface area contributed by atoms with Crippen molar-refractivity contribution in [2.45, 2.75) is 13.5 Å². The monoisotopic (exact) mass is 349 g/mol. The molecule has 102 valence electrons. The van der Waals surface area contributed by atoms with Crippen LogP contribution in [0.3, 0.4) is 0 Å². The summed E-state index contributed by atoms with van der Waals surface area (Å²) in [5.74, 6) is 0.542. The third-order valence-electron chi connectivity index (χ3n) is 2.96. The Morgan fingerprint density at radius 3 is 2.90 bits per heavy atom. The Morgan fingerprint density at radius 2 is 2.25 bits per heavy atom. The van der Waals surface area contributed by atoms with E-state index >= 15 is 0 Å². The van der Waals surface area contributed by atoms with Gasteiger partial charge < -0.3 is 9.73 Å². The highest BCUT2D eigenvalue weighted by Gasteiger charge is 2.07. The Bertz CT molecular complexity index is 709. The normalized spacial score (nSPS) is 10.7. The predicted molar refractivity (Wildman–Crippen MR) is 83.8 cm³/mol. The van der Waals surface area contributed by atoms with Crippen LogP contribution in [0, 0.1) is 6.92 Å². The van der Waals surface area contributed by atoms with Crippen molar-refractivity contribution in [1.82, 2.24) is 10.2 Å². The van der Waals surface area contributed by atoms with E-state index in [9.17, 15) is 0 Å². The summed E-state index contributed by atoms with van der Waals surface area (Å²) in [6, 6.07) is 8.12. The van der Waals surface area contributed by atoms with Crippen LogP contribution in [0.4, 0.5) is 5.69 Å². The molecule has 2 aromatic heterocycles. The van der Waals surface area contributed by atoms with Crippen molar-refractivity contribution in [3.8, 4) is 11.5 Å². The quantitative estimate of drug-likeness (QED) is 0.754. The van der Waals surface area contributed by atoms with Gasteiger partial charge in [0.05, 0.1) is 6.54 Å². The van der Waals surface area contributed by atoms with E-state index in [1.54, 1.807) is 11.3 Å². The van der Waals surface area contributed by atoms with Crippen molar-refractivity contribution in [2.24, 2.45) is 0 Å². The molecule has 1 N–H and O–H groups in total. The molecule has 1 aromatic carbocycles. The SMILES string of the molecule is Cc1cc(-c2nnco2)ccc1NCc1sccc1Br. The van der Waals surface area contributed by atoms with Gasteiger partial charge in [0.15, 0.2) is 0 Å². The predicted octanol–water partition coefficient (Wildman–Crippen LogP) is 4.48. The number of nitrogens with one attached hydrogen (secondary N) is 1. The van der Waals surface area contributed by atoms with Crippen LogP contribution in [-0.2, 0) is 6.54 Å². The molecule has 0 saturated carbocycles. The lowest BCUT2D eigenvalue weighted by atomic mass is 10.1. The number of aromatic nitrogens is 2. The summed E-state index contributed by atoms with van der Waals surface area (Å²) < 4.78 is 6.35. The highest BCUT2D eigenvalue weighted by molar-refractivity contribution is 9.10. The number of thiophene rings is 1. The smallest absolute Gasteiger partial charge is 0.247 e. The molecule has 2 heterocycles. The molecule has 0 fully saturated rings. The van der Waals surface area contributed by atoms with Crippen LogP contribution in [0.5, 0.6) is 0 Å². The number of hydrogen-bond acceptors (Lipinski definition) is 5. The number of anilines is 1. The second-order valence-corrected chi connectivity index (χ2v) is 6.17. The highest BCUT2D eigenvalue weighted by atomic mass is 79.9. The van der Waals surface area contributed by atoms with Crippen LogP contribution in [0.25, 0.3) is 11.5 Å². The second-order valence-electron chi connectivity index (χ2n) is 4.32. The number of rotatable bonds is 4. The van der Waals surface area contributed by atoms with E-state index in [2.05, 4.69) is 49.8 Å². The molecule has 0 aliphatic carbocycles. The average molecular weight is 350 g/mol.